The van der Waals surface area contributed by atoms with Gasteiger partial charge in [0.05, 0.1) is 26.4 Å². The lowest BCUT2D eigenvalue weighted by atomic mass is 9.94. The third-order valence-corrected chi connectivity index (χ3v) is 4.66. The summed E-state index contributed by atoms with van der Waals surface area (Å²) in [6, 6.07) is 7.34. The number of methoxy groups -OCH3 is 1. The van der Waals surface area contributed by atoms with E-state index in [9.17, 15) is 4.79 Å². The number of anilines is 1. The van der Waals surface area contributed by atoms with E-state index >= 15 is 0 Å². The van der Waals surface area contributed by atoms with Crippen LogP contribution in [0.4, 0.5) is 5.69 Å². The van der Waals surface area contributed by atoms with Gasteiger partial charge in [-0.1, -0.05) is 0 Å². The van der Waals surface area contributed by atoms with E-state index in [0.29, 0.717) is 13.2 Å². The molecule has 1 aromatic rings. The predicted octanol–water partition coefficient (Wildman–Crippen LogP) is 1.51. The van der Waals surface area contributed by atoms with Gasteiger partial charge in [-0.25, -0.2) is 0 Å². The van der Waals surface area contributed by atoms with Crippen molar-refractivity contribution in [1.29, 1.82) is 0 Å². The van der Waals surface area contributed by atoms with Gasteiger partial charge < -0.3 is 19.5 Å². The third-order valence-electron chi connectivity index (χ3n) is 4.66. The van der Waals surface area contributed by atoms with E-state index in [2.05, 4.69) is 10.2 Å². The molecule has 0 unspecified atom stereocenters. The summed E-state index contributed by atoms with van der Waals surface area (Å²) < 4.78 is 16.7. The summed E-state index contributed by atoms with van der Waals surface area (Å²) in [6.07, 6.45) is 0.972. The molecule has 1 amide bonds. The number of carbonyl (C=O) groups excluding carboxylic acids is 1. The molecule has 126 valence electrons. The summed E-state index contributed by atoms with van der Waals surface area (Å²) in [6.45, 7) is 5.29. The van der Waals surface area contributed by atoms with Crippen molar-refractivity contribution < 1.29 is 19.0 Å². The Balaban J connectivity index is 1.54. The SMILES string of the molecule is COc1ccc(NC(=O)CN2CCO[C@@]3(CCO[C@@H]3C)C2)cc1. The van der Waals surface area contributed by atoms with E-state index in [1.54, 1.807) is 7.11 Å². The van der Waals surface area contributed by atoms with E-state index in [0.717, 1.165) is 37.6 Å². The zero-order valence-corrected chi connectivity index (χ0v) is 13.7. The number of carbonyl (C=O) groups is 1. The average molecular weight is 320 g/mol. The predicted molar refractivity (Wildman–Crippen MR) is 86.8 cm³/mol. The number of amides is 1. The number of morpholine rings is 1. The summed E-state index contributed by atoms with van der Waals surface area (Å²) in [4.78, 5) is 14.4. The highest BCUT2D eigenvalue weighted by Gasteiger charge is 2.46. The topological polar surface area (TPSA) is 60.0 Å². The Hall–Kier alpha value is -1.63. The van der Waals surface area contributed by atoms with Crippen molar-refractivity contribution in [2.45, 2.75) is 25.0 Å². The van der Waals surface area contributed by atoms with Crippen molar-refractivity contribution in [3.05, 3.63) is 24.3 Å². The number of nitrogens with one attached hydrogen (secondary N) is 1. The Bertz CT molecular complexity index is 548. The highest BCUT2D eigenvalue weighted by Crippen LogP contribution is 2.32. The summed E-state index contributed by atoms with van der Waals surface area (Å²) in [5.74, 6) is 0.757. The molecule has 3 rings (SSSR count). The molecule has 0 aliphatic carbocycles. The molecule has 1 spiro atoms. The molecule has 23 heavy (non-hydrogen) atoms. The zero-order chi connectivity index (χ0) is 16.3. The molecule has 2 fully saturated rings. The van der Waals surface area contributed by atoms with Gasteiger partial charge in [0.25, 0.3) is 0 Å². The number of ether oxygens (including phenoxy) is 3. The molecule has 2 aliphatic rings. The number of rotatable bonds is 4. The van der Waals surface area contributed by atoms with E-state index in [1.165, 1.54) is 0 Å². The van der Waals surface area contributed by atoms with Gasteiger partial charge in [-0.05, 0) is 31.2 Å². The highest BCUT2D eigenvalue weighted by atomic mass is 16.6. The van der Waals surface area contributed by atoms with Crippen LogP contribution in [0.5, 0.6) is 5.75 Å². The minimum Gasteiger partial charge on any atom is -0.497 e. The fourth-order valence-corrected chi connectivity index (χ4v) is 3.25. The molecule has 0 saturated carbocycles. The van der Waals surface area contributed by atoms with Crippen LogP contribution in [0.25, 0.3) is 0 Å². The molecular formula is C17H24N2O4. The largest absolute Gasteiger partial charge is 0.497 e. The van der Waals surface area contributed by atoms with Crippen LogP contribution in [0.1, 0.15) is 13.3 Å². The fourth-order valence-electron chi connectivity index (χ4n) is 3.25. The van der Waals surface area contributed by atoms with Gasteiger partial charge in [0, 0.05) is 31.8 Å². The summed E-state index contributed by atoms with van der Waals surface area (Å²) >= 11 is 0. The van der Waals surface area contributed by atoms with E-state index in [-0.39, 0.29) is 17.6 Å². The third kappa shape index (κ3) is 3.65. The molecule has 1 aromatic carbocycles. The first-order valence-corrected chi connectivity index (χ1v) is 8.03. The molecule has 6 nitrogen and oxygen atoms in total. The molecular weight excluding hydrogens is 296 g/mol. The molecule has 2 aliphatic heterocycles. The van der Waals surface area contributed by atoms with Crippen molar-refractivity contribution >= 4 is 11.6 Å². The number of hydrogen-bond acceptors (Lipinski definition) is 5. The fraction of sp³-hybridized carbons (Fsp3) is 0.588. The average Bonchev–Trinajstić information content (AvgIpc) is 2.88. The van der Waals surface area contributed by atoms with Gasteiger partial charge in [-0.2, -0.15) is 0 Å². The van der Waals surface area contributed by atoms with Gasteiger partial charge in [-0.3, -0.25) is 9.69 Å². The van der Waals surface area contributed by atoms with Gasteiger partial charge in [-0.15, -0.1) is 0 Å². The maximum absolute atomic E-state index is 12.3. The van der Waals surface area contributed by atoms with Crippen LogP contribution in [-0.4, -0.2) is 62.5 Å². The summed E-state index contributed by atoms with van der Waals surface area (Å²) in [7, 11) is 1.62. The summed E-state index contributed by atoms with van der Waals surface area (Å²) in [5.41, 5.74) is 0.523. The van der Waals surface area contributed by atoms with Gasteiger partial charge in [0.1, 0.15) is 11.4 Å². The Labute approximate surface area is 136 Å². The van der Waals surface area contributed by atoms with E-state index < -0.39 is 0 Å². The smallest absolute Gasteiger partial charge is 0.238 e. The molecule has 0 radical (unpaired) electrons. The number of nitrogens with zero attached hydrogens (tertiary/aromatic N) is 1. The van der Waals surface area contributed by atoms with Gasteiger partial charge in [0.15, 0.2) is 0 Å². The Kier molecular flexibility index (Phi) is 4.84. The van der Waals surface area contributed by atoms with Gasteiger partial charge >= 0.3 is 0 Å². The zero-order valence-electron chi connectivity index (χ0n) is 13.7. The van der Waals surface area contributed by atoms with E-state index in [4.69, 9.17) is 14.2 Å². The number of benzene rings is 1. The minimum absolute atomic E-state index is 0.0150. The van der Waals surface area contributed by atoms with Crippen molar-refractivity contribution in [2.75, 3.05) is 45.3 Å². The maximum atomic E-state index is 12.3. The first-order valence-electron chi connectivity index (χ1n) is 8.03. The second kappa shape index (κ2) is 6.86. The van der Waals surface area contributed by atoms with E-state index in [1.807, 2.05) is 31.2 Å². The lowest BCUT2D eigenvalue weighted by Crippen LogP contribution is -2.56. The minimum atomic E-state index is -0.251. The van der Waals surface area contributed by atoms with Crippen molar-refractivity contribution in [3.8, 4) is 5.75 Å². The lowest BCUT2D eigenvalue weighted by Gasteiger charge is -2.41. The second-order valence-corrected chi connectivity index (χ2v) is 6.16. The van der Waals surface area contributed by atoms with Crippen molar-refractivity contribution in [3.63, 3.8) is 0 Å². The molecule has 2 heterocycles. The first kappa shape index (κ1) is 16.2. The molecule has 0 aromatic heterocycles. The Morgan fingerprint density at radius 1 is 1.39 bits per heavy atom. The Morgan fingerprint density at radius 2 is 2.17 bits per heavy atom. The van der Waals surface area contributed by atoms with Crippen molar-refractivity contribution in [2.24, 2.45) is 0 Å². The quantitative estimate of drug-likeness (QED) is 0.911. The van der Waals surface area contributed by atoms with Crippen LogP contribution in [0.3, 0.4) is 0 Å². The lowest BCUT2D eigenvalue weighted by molar-refractivity contribution is -0.140. The van der Waals surface area contributed by atoms with Crippen LogP contribution in [0, 0.1) is 0 Å². The monoisotopic (exact) mass is 320 g/mol. The maximum Gasteiger partial charge on any atom is 0.238 e. The van der Waals surface area contributed by atoms with Crippen LogP contribution < -0.4 is 10.1 Å². The normalized spacial score (nSPS) is 28.0. The molecule has 2 saturated heterocycles. The standard InChI is InChI=1S/C17H24N2O4/c1-13-17(7-9-22-13)12-19(8-10-23-17)11-16(20)18-14-3-5-15(21-2)6-4-14/h3-6,13H,7-12H2,1-2H3,(H,18,20)/t13-,17+/m1/s1. The Morgan fingerprint density at radius 3 is 2.83 bits per heavy atom. The molecule has 0 bridgehead atoms. The second-order valence-electron chi connectivity index (χ2n) is 6.16. The molecule has 2 atom stereocenters. The molecule has 6 heteroatoms. The first-order chi connectivity index (χ1) is 11.1. The van der Waals surface area contributed by atoms with Crippen LogP contribution >= 0.6 is 0 Å². The van der Waals surface area contributed by atoms with Crippen LogP contribution in [0.2, 0.25) is 0 Å². The highest BCUT2D eigenvalue weighted by molar-refractivity contribution is 5.92. The number of hydrogen-bond donors (Lipinski definition) is 1. The van der Waals surface area contributed by atoms with Gasteiger partial charge in [0.2, 0.25) is 5.91 Å². The van der Waals surface area contributed by atoms with Crippen LogP contribution in [-0.2, 0) is 14.3 Å². The van der Waals surface area contributed by atoms with Crippen LogP contribution in [0.15, 0.2) is 24.3 Å². The van der Waals surface area contributed by atoms with Crippen molar-refractivity contribution in [1.82, 2.24) is 4.90 Å². The summed E-state index contributed by atoms with van der Waals surface area (Å²) in [5, 5.41) is 2.92. The molecule has 1 N–H and O–H groups in total.